The van der Waals surface area contributed by atoms with Crippen molar-refractivity contribution in [2.45, 2.75) is 17.9 Å². The van der Waals surface area contributed by atoms with Gasteiger partial charge in [-0.2, -0.15) is 0 Å². The van der Waals surface area contributed by atoms with E-state index in [-0.39, 0.29) is 5.78 Å². The predicted molar refractivity (Wildman–Crippen MR) is 54.8 cm³/mol. The molecule has 0 aliphatic carbocycles. The molecule has 0 radical (unpaired) electrons. The molecule has 0 amide bonds. The Labute approximate surface area is 91.0 Å². The zero-order chi connectivity index (χ0) is 10.8. The summed E-state index contributed by atoms with van der Waals surface area (Å²) in [6.07, 6.45) is 1.47. The molecule has 4 nitrogen and oxygen atoms in total. The minimum Gasteiger partial charge on any atom is -0.468 e. The van der Waals surface area contributed by atoms with Gasteiger partial charge >= 0.3 is 5.97 Å². The molecule has 2 rings (SSSR count). The summed E-state index contributed by atoms with van der Waals surface area (Å²) in [5.41, 5.74) is 0.506. The van der Waals surface area contributed by atoms with Crippen LogP contribution in [0.3, 0.4) is 0 Å². The van der Waals surface area contributed by atoms with E-state index in [1.165, 1.54) is 18.0 Å². The Morgan fingerprint density at radius 1 is 1.73 bits per heavy atom. The standard InChI is InChI=1S/C10H10O4S/c1-2-13-10(12)9-8(11)6-3-4-14-7(6)5-15-9/h3-4,9H,2,5H2,1H3. The molecule has 1 aromatic rings. The lowest BCUT2D eigenvalue weighted by Gasteiger charge is -2.17. The van der Waals surface area contributed by atoms with E-state index in [4.69, 9.17) is 9.15 Å². The van der Waals surface area contributed by atoms with Gasteiger partial charge in [-0.1, -0.05) is 0 Å². The number of ether oxygens (including phenoxy) is 1. The Balaban J connectivity index is 2.20. The SMILES string of the molecule is CCOC(=O)C1SCc2occc2C1=O. The third kappa shape index (κ3) is 1.79. The van der Waals surface area contributed by atoms with Gasteiger partial charge < -0.3 is 9.15 Å². The number of ketones is 1. The fraction of sp³-hybridized carbons (Fsp3) is 0.400. The molecule has 0 spiro atoms. The third-order valence-electron chi connectivity index (χ3n) is 2.13. The first-order chi connectivity index (χ1) is 7.24. The van der Waals surface area contributed by atoms with Crippen LogP contribution in [0.5, 0.6) is 0 Å². The van der Waals surface area contributed by atoms with Gasteiger partial charge in [0, 0.05) is 0 Å². The van der Waals surface area contributed by atoms with E-state index in [2.05, 4.69) is 0 Å². The van der Waals surface area contributed by atoms with E-state index >= 15 is 0 Å². The average Bonchev–Trinajstić information content (AvgIpc) is 2.67. The molecule has 5 heteroatoms. The molecule has 0 saturated heterocycles. The first kappa shape index (κ1) is 10.3. The lowest BCUT2D eigenvalue weighted by atomic mass is 10.1. The second-order valence-corrected chi connectivity index (χ2v) is 4.16. The van der Waals surface area contributed by atoms with Crippen molar-refractivity contribution in [3.05, 3.63) is 23.7 Å². The highest BCUT2D eigenvalue weighted by Gasteiger charge is 2.36. The molecule has 1 atom stereocenters. The second kappa shape index (κ2) is 4.10. The molecule has 0 saturated carbocycles. The number of carbonyl (C=O) groups is 2. The lowest BCUT2D eigenvalue weighted by Crippen LogP contribution is -2.32. The molecule has 0 N–H and O–H groups in total. The number of carbonyl (C=O) groups excluding carboxylic acids is 2. The number of hydrogen-bond acceptors (Lipinski definition) is 5. The highest BCUT2D eigenvalue weighted by molar-refractivity contribution is 8.00. The van der Waals surface area contributed by atoms with E-state index in [0.29, 0.717) is 23.7 Å². The molecule has 1 aromatic heterocycles. The van der Waals surface area contributed by atoms with Crippen LogP contribution >= 0.6 is 11.8 Å². The molecule has 0 fully saturated rings. The van der Waals surface area contributed by atoms with Gasteiger partial charge in [0.05, 0.1) is 24.2 Å². The summed E-state index contributed by atoms with van der Waals surface area (Å²) < 4.78 is 9.95. The van der Waals surface area contributed by atoms with Gasteiger partial charge in [0.25, 0.3) is 0 Å². The van der Waals surface area contributed by atoms with Crippen molar-refractivity contribution in [1.29, 1.82) is 0 Å². The molecule has 1 aliphatic rings. The third-order valence-corrected chi connectivity index (χ3v) is 3.30. The maximum Gasteiger partial charge on any atom is 0.327 e. The van der Waals surface area contributed by atoms with Crippen LogP contribution in [0.15, 0.2) is 16.7 Å². The zero-order valence-electron chi connectivity index (χ0n) is 8.19. The molecule has 0 aromatic carbocycles. The van der Waals surface area contributed by atoms with Crippen LogP contribution in [-0.4, -0.2) is 23.6 Å². The highest BCUT2D eigenvalue weighted by atomic mass is 32.2. The Bertz CT molecular complexity index is 396. The minimum absolute atomic E-state index is 0.214. The number of Topliss-reactive ketones (excluding diaryl/α,β-unsaturated/α-hetero) is 1. The van der Waals surface area contributed by atoms with E-state index in [1.54, 1.807) is 13.0 Å². The van der Waals surface area contributed by atoms with Crippen LogP contribution in [0.25, 0.3) is 0 Å². The monoisotopic (exact) mass is 226 g/mol. The maximum absolute atomic E-state index is 11.8. The van der Waals surface area contributed by atoms with Gasteiger partial charge in [-0.05, 0) is 13.0 Å². The van der Waals surface area contributed by atoms with Crippen LogP contribution in [0.2, 0.25) is 0 Å². The quantitative estimate of drug-likeness (QED) is 0.566. The summed E-state index contributed by atoms with van der Waals surface area (Å²) in [5, 5.41) is -0.727. The van der Waals surface area contributed by atoms with Crippen LogP contribution in [0.4, 0.5) is 0 Å². The summed E-state index contributed by atoms with van der Waals surface area (Å²) >= 11 is 1.25. The summed E-state index contributed by atoms with van der Waals surface area (Å²) in [7, 11) is 0. The Morgan fingerprint density at radius 2 is 2.53 bits per heavy atom. The topological polar surface area (TPSA) is 56.5 Å². The second-order valence-electron chi connectivity index (χ2n) is 3.06. The molecule has 1 unspecified atom stereocenters. The fourth-order valence-corrected chi connectivity index (χ4v) is 2.46. The highest BCUT2D eigenvalue weighted by Crippen LogP contribution is 2.31. The van der Waals surface area contributed by atoms with E-state index in [0.717, 1.165) is 0 Å². The summed E-state index contributed by atoms with van der Waals surface area (Å²) in [6.45, 7) is 2.01. The summed E-state index contributed by atoms with van der Waals surface area (Å²) in [6, 6.07) is 1.60. The number of rotatable bonds is 2. The maximum atomic E-state index is 11.8. The largest absolute Gasteiger partial charge is 0.468 e. The average molecular weight is 226 g/mol. The number of thioether (sulfide) groups is 1. The Kier molecular flexibility index (Phi) is 2.81. The van der Waals surface area contributed by atoms with E-state index in [1.807, 2.05) is 0 Å². The number of esters is 1. The molecule has 15 heavy (non-hydrogen) atoms. The van der Waals surface area contributed by atoms with Crippen molar-refractivity contribution in [3.63, 3.8) is 0 Å². The van der Waals surface area contributed by atoms with Crippen molar-refractivity contribution in [2.75, 3.05) is 6.61 Å². The van der Waals surface area contributed by atoms with Crippen LogP contribution in [-0.2, 0) is 15.3 Å². The van der Waals surface area contributed by atoms with Crippen LogP contribution in [0.1, 0.15) is 23.0 Å². The molecule has 0 bridgehead atoms. The van der Waals surface area contributed by atoms with Gasteiger partial charge in [0.1, 0.15) is 5.76 Å². The van der Waals surface area contributed by atoms with Gasteiger partial charge in [0.15, 0.2) is 11.0 Å². The first-order valence-electron chi connectivity index (χ1n) is 4.63. The van der Waals surface area contributed by atoms with Gasteiger partial charge in [-0.25, -0.2) is 0 Å². The van der Waals surface area contributed by atoms with Crippen molar-refractivity contribution < 1.29 is 18.7 Å². The van der Waals surface area contributed by atoms with E-state index in [9.17, 15) is 9.59 Å². The Hall–Kier alpha value is -1.23. The zero-order valence-corrected chi connectivity index (χ0v) is 9.00. The molecule has 1 aliphatic heterocycles. The lowest BCUT2D eigenvalue weighted by molar-refractivity contribution is -0.141. The van der Waals surface area contributed by atoms with Crippen molar-refractivity contribution >= 4 is 23.5 Å². The Morgan fingerprint density at radius 3 is 3.27 bits per heavy atom. The number of furan rings is 1. The summed E-state index contributed by atoms with van der Waals surface area (Å²) in [4.78, 5) is 23.3. The predicted octanol–water partition coefficient (Wildman–Crippen LogP) is 1.64. The fourth-order valence-electron chi connectivity index (χ4n) is 1.44. The normalized spacial score (nSPS) is 19.8. The van der Waals surface area contributed by atoms with Gasteiger partial charge in [-0.3, -0.25) is 9.59 Å². The molecule has 80 valence electrons. The molecular formula is C10H10O4S. The number of fused-ring (bicyclic) bond motifs is 1. The van der Waals surface area contributed by atoms with Crippen molar-refractivity contribution in [1.82, 2.24) is 0 Å². The van der Waals surface area contributed by atoms with Crippen molar-refractivity contribution in [2.24, 2.45) is 0 Å². The minimum atomic E-state index is -0.727. The first-order valence-corrected chi connectivity index (χ1v) is 5.67. The van der Waals surface area contributed by atoms with Gasteiger partial charge in [0.2, 0.25) is 0 Å². The van der Waals surface area contributed by atoms with Crippen LogP contribution in [0, 0.1) is 0 Å². The smallest absolute Gasteiger partial charge is 0.327 e. The van der Waals surface area contributed by atoms with Crippen molar-refractivity contribution in [3.8, 4) is 0 Å². The van der Waals surface area contributed by atoms with E-state index < -0.39 is 11.2 Å². The van der Waals surface area contributed by atoms with Crippen LogP contribution < -0.4 is 0 Å². The number of hydrogen-bond donors (Lipinski definition) is 0. The molecular weight excluding hydrogens is 216 g/mol. The van der Waals surface area contributed by atoms with Gasteiger partial charge in [-0.15, -0.1) is 11.8 Å². The molecule has 2 heterocycles. The summed E-state index contributed by atoms with van der Waals surface area (Å²) in [5.74, 6) is 0.510.